The number of aliphatic carboxylic acids is 1. The number of phenolic OH excluding ortho intramolecular Hbond substituents is 1. The van der Waals surface area contributed by atoms with Crippen molar-refractivity contribution in [2.75, 3.05) is 5.32 Å². The Morgan fingerprint density at radius 3 is 2.42 bits per heavy atom. The Morgan fingerprint density at radius 2 is 2.00 bits per heavy atom. The summed E-state index contributed by atoms with van der Waals surface area (Å²) in [5, 5.41) is 22.0. The van der Waals surface area contributed by atoms with Gasteiger partial charge in [0.25, 0.3) is 0 Å². The van der Waals surface area contributed by atoms with Crippen LogP contribution in [0.25, 0.3) is 0 Å². The number of rotatable bonds is 3. The number of carbonyl (C=O) groups excluding carboxylic acids is 1. The van der Waals surface area contributed by atoms with E-state index in [4.69, 9.17) is 11.6 Å². The van der Waals surface area contributed by atoms with Crippen LogP contribution < -0.4 is 5.32 Å². The van der Waals surface area contributed by atoms with E-state index < -0.39 is 17.3 Å². The maximum atomic E-state index is 11.6. The standard InChI is InChI=1S/C13H14ClNO4/c1-7(16)15-11-9(17)4-3-8(14)10(11)13(12(18)19)5-2-6-13/h3-4,17H,2,5-6H2,1H3,(H,15,16)(H,18,19). The zero-order chi connectivity index (χ0) is 14.2. The first-order valence-electron chi connectivity index (χ1n) is 5.91. The quantitative estimate of drug-likeness (QED) is 0.744. The third-order valence-electron chi connectivity index (χ3n) is 3.53. The summed E-state index contributed by atoms with van der Waals surface area (Å²) >= 11 is 6.10. The molecule has 102 valence electrons. The van der Waals surface area contributed by atoms with E-state index in [2.05, 4.69) is 5.32 Å². The molecule has 0 heterocycles. The van der Waals surface area contributed by atoms with Gasteiger partial charge in [0.05, 0.1) is 11.1 Å². The van der Waals surface area contributed by atoms with Gasteiger partial charge in [-0.05, 0) is 25.0 Å². The van der Waals surface area contributed by atoms with Crippen molar-refractivity contribution in [2.45, 2.75) is 31.6 Å². The van der Waals surface area contributed by atoms with Crippen molar-refractivity contribution in [1.82, 2.24) is 0 Å². The second kappa shape index (κ2) is 4.74. The Balaban J connectivity index is 2.64. The molecule has 1 saturated carbocycles. The van der Waals surface area contributed by atoms with E-state index in [1.165, 1.54) is 19.1 Å². The molecule has 1 amide bonds. The van der Waals surface area contributed by atoms with Crippen molar-refractivity contribution in [2.24, 2.45) is 0 Å². The number of hydrogen-bond donors (Lipinski definition) is 3. The molecule has 6 heteroatoms. The molecule has 0 atom stereocenters. The van der Waals surface area contributed by atoms with Crippen molar-refractivity contribution in [3.8, 4) is 5.75 Å². The topological polar surface area (TPSA) is 86.6 Å². The normalized spacial score (nSPS) is 16.5. The van der Waals surface area contributed by atoms with Gasteiger partial charge in [-0.2, -0.15) is 0 Å². The molecule has 2 rings (SSSR count). The van der Waals surface area contributed by atoms with Crippen molar-refractivity contribution < 1.29 is 19.8 Å². The van der Waals surface area contributed by atoms with Gasteiger partial charge in [-0.1, -0.05) is 18.0 Å². The van der Waals surface area contributed by atoms with Gasteiger partial charge in [0, 0.05) is 17.5 Å². The van der Waals surface area contributed by atoms with Crippen LogP contribution in [0.2, 0.25) is 5.02 Å². The van der Waals surface area contributed by atoms with Crippen molar-refractivity contribution in [3.63, 3.8) is 0 Å². The summed E-state index contributed by atoms with van der Waals surface area (Å²) < 4.78 is 0. The highest BCUT2D eigenvalue weighted by Crippen LogP contribution is 2.51. The largest absolute Gasteiger partial charge is 0.506 e. The molecule has 0 saturated heterocycles. The van der Waals surface area contributed by atoms with Gasteiger partial charge >= 0.3 is 5.97 Å². The number of nitrogens with one attached hydrogen (secondary N) is 1. The molecular weight excluding hydrogens is 270 g/mol. The minimum Gasteiger partial charge on any atom is -0.506 e. The maximum Gasteiger partial charge on any atom is 0.314 e. The lowest BCUT2D eigenvalue weighted by molar-refractivity contribution is -0.147. The lowest BCUT2D eigenvalue weighted by Gasteiger charge is -2.39. The number of amides is 1. The van der Waals surface area contributed by atoms with E-state index in [0.29, 0.717) is 18.4 Å². The Labute approximate surface area is 115 Å². The first-order chi connectivity index (χ1) is 8.88. The average molecular weight is 284 g/mol. The van der Waals surface area contributed by atoms with Crippen molar-refractivity contribution >= 4 is 29.2 Å². The van der Waals surface area contributed by atoms with Crippen LogP contribution in [0, 0.1) is 0 Å². The van der Waals surface area contributed by atoms with Crippen LogP contribution >= 0.6 is 11.6 Å². The van der Waals surface area contributed by atoms with Gasteiger partial charge in [0.2, 0.25) is 5.91 Å². The Morgan fingerprint density at radius 1 is 1.37 bits per heavy atom. The number of carbonyl (C=O) groups is 2. The second-order valence-electron chi connectivity index (χ2n) is 4.74. The fourth-order valence-electron chi connectivity index (χ4n) is 2.44. The molecule has 1 aromatic carbocycles. The summed E-state index contributed by atoms with van der Waals surface area (Å²) in [6, 6.07) is 2.78. The van der Waals surface area contributed by atoms with Crippen molar-refractivity contribution in [1.29, 1.82) is 0 Å². The Bertz CT molecular complexity index is 552. The van der Waals surface area contributed by atoms with Crippen LogP contribution in [0.4, 0.5) is 5.69 Å². The van der Waals surface area contributed by atoms with Gasteiger partial charge in [-0.15, -0.1) is 0 Å². The van der Waals surface area contributed by atoms with Crippen LogP contribution in [0.5, 0.6) is 5.75 Å². The molecule has 0 radical (unpaired) electrons. The zero-order valence-electron chi connectivity index (χ0n) is 10.4. The van der Waals surface area contributed by atoms with E-state index in [-0.39, 0.29) is 16.5 Å². The summed E-state index contributed by atoms with van der Waals surface area (Å²) in [5.41, 5.74) is -0.724. The predicted molar refractivity (Wildman–Crippen MR) is 70.6 cm³/mol. The molecule has 1 aliphatic rings. The van der Waals surface area contributed by atoms with E-state index in [0.717, 1.165) is 6.42 Å². The number of carboxylic acids is 1. The molecule has 1 aromatic rings. The molecule has 1 aliphatic carbocycles. The van der Waals surface area contributed by atoms with E-state index >= 15 is 0 Å². The number of phenols is 1. The smallest absolute Gasteiger partial charge is 0.314 e. The second-order valence-corrected chi connectivity index (χ2v) is 5.15. The van der Waals surface area contributed by atoms with Gasteiger partial charge in [0.1, 0.15) is 5.75 Å². The number of carboxylic acid groups (broad SMARTS) is 1. The number of halogens is 1. The highest BCUT2D eigenvalue weighted by Gasteiger charge is 2.49. The molecule has 1 fully saturated rings. The summed E-state index contributed by atoms with van der Waals surface area (Å²) in [6.45, 7) is 1.29. The third kappa shape index (κ3) is 2.14. The minimum atomic E-state index is -1.12. The lowest BCUT2D eigenvalue weighted by atomic mass is 9.64. The minimum absolute atomic E-state index is 0.0992. The molecule has 0 spiro atoms. The third-order valence-corrected chi connectivity index (χ3v) is 3.84. The number of hydrogen-bond acceptors (Lipinski definition) is 3. The Hall–Kier alpha value is -1.75. The monoisotopic (exact) mass is 283 g/mol. The molecule has 0 aromatic heterocycles. The van der Waals surface area contributed by atoms with Crippen molar-refractivity contribution in [3.05, 3.63) is 22.7 Å². The molecular formula is C13H14ClNO4. The molecule has 0 bridgehead atoms. The highest BCUT2D eigenvalue weighted by atomic mass is 35.5. The fraction of sp³-hybridized carbons (Fsp3) is 0.385. The van der Waals surface area contributed by atoms with Crippen LogP contribution in [-0.2, 0) is 15.0 Å². The molecule has 19 heavy (non-hydrogen) atoms. The highest BCUT2D eigenvalue weighted by molar-refractivity contribution is 6.32. The number of aromatic hydroxyl groups is 1. The van der Waals surface area contributed by atoms with Crippen LogP contribution in [-0.4, -0.2) is 22.1 Å². The maximum absolute atomic E-state index is 11.6. The molecule has 5 nitrogen and oxygen atoms in total. The van der Waals surface area contributed by atoms with Gasteiger partial charge in [-0.25, -0.2) is 0 Å². The van der Waals surface area contributed by atoms with E-state index in [1.807, 2.05) is 0 Å². The summed E-state index contributed by atoms with van der Waals surface area (Å²) in [7, 11) is 0. The van der Waals surface area contributed by atoms with Gasteiger partial charge in [0.15, 0.2) is 0 Å². The van der Waals surface area contributed by atoms with Gasteiger partial charge in [-0.3, -0.25) is 9.59 Å². The Kier molecular flexibility index (Phi) is 3.41. The molecule has 3 N–H and O–H groups in total. The van der Waals surface area contributed by atoms with Gasteiger partial charge < -0.3 is 15.5 Å². The fourth-order valence-corrected chi connectivity index (χ4v) is 2.78. The molecule has 0 aliphatic heterocycles. The lowest BCUT2D eigenvalue weighted by Crippen LogP contribution is -2.43. The van der Waals surface area contributed by atoms with Crippen LogP contribution in [0.3, 0.4) is 0 Å². The predicted octanol–water partition coefficient (Wildman–Crippen LogP) is 2.51. The van der Waals surface area contributed by atoms with Crippen LogP contribution in [0.1, 0.15) is 31.7 Å². The summed E-state index contributed by atoms with van der Waals surface area (Å²) in [4.78, 5) is 22.8. The number of anilines is 1. The first-order valence-corrected chi connectivity index (χ1v) is 6.29. The average Bonchev–Trinajstić information content (AvgIpc) is 2.24. The van der Waals surface area contributed by atoms with Crippen LogP contribution in [0.15, 0.2) is 12.1 Å². The molecule has 0 unspecified atom stereocenters. The number of benzene rings is 1. The van der Waals surface area contributed by atoms with E-state index in [9.17, 15) is 19.8 Å². The summed E-state index contributed by atoms with van der Waals surface area (Å²) in [5.74, 6) is -1.56. The first kappa shape index (κ1) is 13.7. The van der Waals surface area contributed by atoms with E-state index in [1.54, 1.807) is 0 Å². The zero-order valence-corrected chi connectivity index (χ0v) is 11.1. The summed E-state index contributed by atoms with van der Waals surface area (Å²) in [6.07, 6.45) is 1.66. The SMILES string of the molecule is CC(=O)Nc1c(O)ccc(Cl)c1C1(C(=O)O)CCC1.